The second-order valence-corrected chi connectivity index (χ2v) is 7.24. The molecule has 9 heteroatoms. The zero-order valence-electron chi connectivity index (χ0n) is 16.2. The number of hydrogen-bond donors (Lipinski definition) is 0. The molecule has 0 saturated carbocycles. The van der Waals surface area contributed by atoms with Crippen LogP contribution in [0.3, 0.4) is 0 Å². The summed E-state index contributed by atoms with van der Waals surface area (Å²) in [6.45, 7) is 3.72. The Hall–Kier alpha value is -2.81. The van der Waals surface area contributed by atoms with Crippen molar-refractivity contribution >= 4 is 11.9 Å². The number of ether oxygens (including phenoxy) is 2. The highest BCUT2D eigenvalue weighted by molar-refractivity contribution is 5.93. The number of piperidine rings is 1. The first kappa shape index (κ1) is 19.5. The number of nitrogens with zero attached hydrogens (tertiary/aromatic N) is 4. The van der Waals surface area contributed by atoms with E-state index >= 15 is 0 Å². The van der Waals surface area contributed by atoms with Crippen LogP contribution in [0.2, 0.25) is 0 Å². The molecule has 0 radical (unpaired) electrons. The molecule has 1 amide bonds. The Kier molecular flexibility index (Phi) is 5.57. The van der Waals surface area contributed by atoms with Gasteiger partial charge >= 0.3 is 5.97 Å². The van der Waals surface area contributed by atoms with Gasteiger partial charge in [-0.1, -0.05) is 17.3 Å². The summed E-state index contributed by atoms with van der Waals surface area (Å²) in [5.41, 5.74) is 1.78. The fourth-order valence-corrected chi connectivity index (χ4v) is 3.78. The molecule has 1 unspecified atom stereocenters. The second-order valence-electron chi connectivity index (χ2n) is 7.24. The molecular formula is C20H23FN4O4. The minimum Gasteiger partial charge on any atom is -0.466 e. The fraction of sp³-hybridized carbons (Fsp3) is 0.500. The van der Waals surface area contributed by atoms with Crippen LogP contribution in [-0.2, 0) is 27.4 Å². The minimum atomic E-state index is -0.300. The second kappa shape index (κ2) is 8.28. The molecule has 1 aromatic carbocycles. The van der Waals surface area contributed by atoms with E-state index in [-0.39, 0.29) is 42.0 Å². The molecule has 1 aromatic heterocycles. The zero-order valence-corrected chi connectivity index (χ0v) is 16.2. The molecule has 1 saturated heterocycles. The van der Waals surface area contributed by atoms with Gasteiger partial charge in [0.2, 0.25) is 0 Å². The van der Waals surface area contributed by atoms with Gasteiger partial charge in [0, 0.05) is 13.1 Å². The molecule has 0 aliphatic carbocycles. The van der Waals surface area contributed by atoms with Crippen LogP contribution in [0.25, 0.3) is 0 Å². The van der Waals surface area contributed by atoms with E-state index in [1.54, 1.807) is 28.6 Å². The lowest BCUT2D eigenvalue weighted by molar-refractivity contribution is -0.149. The first-order valence-corrected chi connectivity index (χ1v) is 9.82. The molecule has 0 bridgehead atoms. The summed E-state index contributed by atoms with van der Waals surface area (Å²) < 4.78 is 25.8. The topological polar surface area (TPSA) is 86.5 Å². The van der Waals surface area contributed by atoms with Crippen LogP contribution in [0.4, 0.5) is 4.39 Å². The van der Waals surface area contributed by atoms with Gasteiger partial charge in [0.05, 0.1) is 31.4 Å². The van der Waals surface area contributed by atoms with E-state index in [1.165, 1.54) is 12.1 Å². The van der Waals surface area contributed by atoms with Crippen LogP contribution in [0.5, 0.6) is 0 Å². The number of hydrogen-bond acceptors (Lipinski definition) is 6. The Morgan fingerprint density at radius 2 is 1.97 bits per heavy atom. The standard InChI is InChI=1S/C20H23FN4O4/c1-2-28-20(27)14-7-9-24(10-8-14)19(26)18-16-12-29-17(11-25(16)23-22-18)13-3-5-15(21)6-4-13/h3-6,14,17H,2,7-12H2,1H3. The lowest BCUT2D eigenvalue weighted by Gasteiger charge is -2.31. The summed E-state index contributed by atoms with van der Waals surface area (Å²) >= 11 is 0. The van der Waals surface area contributed by atoms with Crippen molar-refractivity contribution in [3.8, 4) is 0 Å². The number of aromatic nitrogens is 3. The first-order valence-electron chi connectivity index (χ1n) is 9.82. The molecule has 8 nitrogen and oxygen atoms in total. The highest BCUT2D eigenvalue weighted by atomic mass is 19.1. The van der Waals surface area contributed by atoms with Crippen LogP contribution in [-0.4, -0.2) is 51.5 Å². The number of carbonyl (C=O) groups excluding carboxylic acids is 2. The number of halogens is 1. The normalized spacial score (nSPS) is 19.7. The summed E-state index contributed by atoms with van der Waals surface area (Å²) in [5, 5.41) is 8.21. The largest absolute Gasteiger partial charge is 0.466 e. The smallest absolute Gasteiger partial charge is 0.309 e. The zero-order chi connectivity index (χ0) is 20.4. The van der Waals surface area contributed by atoms with E-state index in [9.17, 15) is 14.0 Å². The number of carbonyl (C=O) groups is 2. The maximum atomic E-state index is 13.1. The number of benzene rings is 1. The fourth-order valence-electron chi connectivity index (χ4n) is 3.78. The molecule has 3 heterocycles. The summed E-state index contributed by atoms with van der Waals surface area (Å²) in [6.07, 6.45) is 0.891. The van der Waals surface area contributed by atoms with Crippen molar-refractivity contribution < 1.29 is 23.5 Å². The summed E-state index contributed by atoms with van der Waals surface area (Å²) in [6, 6.07) is 6.15. The average molecular weight is 402 g/mol. The first-order chi connectivity index (χ1) is 14.1. The summed E-state index contributed by atoms with van der Waals surface area (Å²) in [4.78, 5) is 26.5. The maximum Gasteiger partial charge on any atom is 0.309 e. The van der Waals surface area contributed by atoms with Crippen LogP contribution < -0.4 is 0 Å². The third-order valence-electron chi connectivity index (χ3n) is 5.44. The van der Waals surface area contributed by atoms with E-state index in [0.29, 0.717) is 44.8 Å². The van der Waals surface area contributed by atoms with Gasteiger partial charge in [0.25, 0.3) is 5.91 Å². The van der Waals surface area contributed by atoms with Gasteiger partial charge in [-0.15, -0.1) is 5.10 Å². The highest BCUT2D eigenvalue weighted by Crippen LogP contribution is 2.28. The van der Waals surface area contributed by atoms with Crippen LogP contribution in [0, 0.1) is 11.7 Å². The van der Waals surface area contributed by atoms with Crippen molar-refractivity contribution in [1.82, 2.24) is 19.9 Å². The van der Waals surface area contributed by atoms with E-state index in [1.807, 2.05) is 0 Å². The van der Waals surface area contributed by atoms with Gasteiger partial charge < -0.3 is 14.4 Å². The molecule has 1 fully saturated rings. The van der Waals surface area contributed by atoms with Crippen LogP contribution >= 0.6 is 0 Å². The predicted molar refractivity (Wildman–Crippen MR) is 99.2 cm³/mol. The van der Waals surface area contributed by atoms with Crippen molar-refractivity contribution in [3.63, 3.8) is 0 Å². The third kappa shape index (κ3) is 4.00. The lowest BCUT2D eigenvalue weighted by Crippen LogP contribution is -2.41. The molecule has 2 aliphatic rings. The van der Waals surface area contributed by atoms with Gasteiger partial charge in [-0.25, -0.2) is 9.07 Å². The van der Waals surface area contributed by atoms with Gasteiger partial charge in [-0.2, -0.15) is 0 Å². The minimum absolute atomic E-state index is 0.159. The average Bonchev–Trinajstić information content (AvgIpc) is 3.17. The molecule has 2 aromatic rings. The molecule has 154 valence electrons. The summed E-state index contributed by atoms with van der Waals surface area (Å²) in [5.74, 6) is -0.850. The van der Waals surface area contributed by atoms with Crippen molar-refractivity contribution in [3.05, 3.63) is 47.0 Å². The van der Waals surface area contributed by atoms with Crippen molar-refractivity contribution in [2.24, 2.45) is 5.92 Å². The maximum absolute atomic E-state index is 13.1. The van der Waals surface area contributed by atoms with Gasteiger partial charge in [0.1, 0.15) is 11.9 Å². The lowest BCUT2D eigenvalue weighted by atomic mass is 9.96. The number of likely N-dealkylation sites (tertiary alicyclic amines) is 1. The quantitative estimate of drug-likeness (QED) is 0.728. The molecule has 1 atom stereocenters. The monoisotopic (exact) mass is 402 g/mol. The molecule has 4 rings (SSSR count). The number of fused-ring (bicyclic) bond motifs is 1. The van der Waals surface area contributed by atoms with E-state index in [0.717, 1.165) is 5.56 Å². The number of amides is 1. The van der Waals surface area contributed by atoms with Crippen LogP contribution in [0.1, 0.15) is 47.6 Å². The highest BCUT2D eigenvalue weighted by Gasteiger charge is 2.33. The Morgan fingerprint density at radius 1 is 1.24 bits per heavy atom. The van der Waals surface area contributed by atoms with Gasteiger partial charge in [-0.05, 0) is 37.5 Å². The molecule has 2 aliphatic heterocycles. The number of rotatable bonds is 4. The van der Waals surface area contributed by atoms with Crippen molar-refractivity contribution in [1.29, 1.82) is 0 Å². The molecule has 29 heavy (non-hydrogen) atoms. The van der Waals surface area contributed by atoms with Crippen LogP contribution in [0.15, 0.2) is 24.3 Å². The molecule has 0 N–H and O–H groups in total. The van der Waals surface area contributed by atoms with Crippen molar-refractivity contribution in [2.75, 3.05) is 19.7 Å². The van der Waals surface area contributed by atoms with E-state index < -0.39 is 0 Å². The predicted octanol–water partition coefficient (Wildman–Crippen LogP) is 2.10. The third-order valence-corrected chi connectivity index (χ3v) is 5.44. The van der Waals surface area contributed by atoms with Gasteiger partial charge in [-0.3, -0.25) is 9.59 Å². The number of esters is 1. The Bertz CT molecular complexity index is 890. The van der Waals surface area contributed by atoms with E-state index in [2.05, 4.69) is 10.3 Å². The Labute approximate surface area is 167 Å². The van der Waals surface area contributed by atoms with Gasteiger partial charge in [0.15, 0.2) is 5.69 Å². The molecular weight excluding hydrogens is 379 g/mol. The van der Waals surface area contributed by atoms with E-state index in [4.69, 9.17) is 9.47 Å². The molecule has 0 spiro atoms. The SMILES string of the molecule is CCOC(=O)C1CCN(C(=O)c2nnn3c2COC(c2ccc(F)cc2)C3)CC1. The Balaban J connectivity index is 1.41. The van der Waals surface area contributed by atoms with Crippen molar-refractivity contribution in [2.45, 2.75) is 39.0 Å². The summed E-state index contributed by atoms with van der Waals surface area (Å²) in [7, 11) is 0. The Morgan fingerprint density at radius 3 is 2.66 bits per heavy atom.